The number of halogens is 4. The molecule has 0 amide bonds. The Bertz CT molecular complexity index is 275. The fourth-order valence-electron chi connectivity index (χ4n) is 0.707. The Kier molecular flexibility index (Phi) is 3.16. The van der Waals surface area contributed by atoms with Gasteiger partial charge in [-0.2, -0.15) is 0 Å². The predicted molar refractivity (Wildman–Crippen MR) is 48.7 cm³/mol. The molecule has 0 saturated heterocycles. The molecular formula is C7H4BrCl2F. The molecule has 60 valence electrons. The third-order valence-corrected chi connectivity index (χ3v) is 2.96. The maximum atomic E-state index is 12.6. The zero-order valence-electron chi connectivity index (χ0n) is 5.37. The van der Waals surface area contributed by atoms with Crippen molar-refractivity contribution >= 4 is 39.1 Å². The van der Waals surface area contributed by atoms with Crippen LogP contribution >= 0.6 is 39.1 Å². The number of hydrogen-bond acceptors (Lipinski definition) is 0. The van der Waals surface area contributed by atoms with Gasteiger partial charge in [0, 0.05) is 10.4 Å². The molecule has 1 aromatic rings. The predicted octanol–water partition coefficient (Wildman–Crippen LogP) is 3.98. The Morgan fingerprint density at radius 2 is 2.09 bits per heavy atom. The zero-order chi connectivity index (χ0) is 8.43. The molecule has 0 fully saturated rings. The Balaban J connectivity index is 3.24. The van der Waals surface area contributed by atoms with Crippen LogP contribution in [-0.4, -0.2) is 0 Å². The molecule has 0 atom stereocenters. The summed E-state index contributed by atoms with van der Waals surface area (Å²) in [5.41, 5.74) is 0.664. The summed E-state index contributed by atoms with van der Waals surface area (Å²) in [6.07, 6.45) is 0. The lowest BCUT2D eigenvalue weighted by Gasteiger charge is -2.01. The minimum absolute atomic E-state index is 0.248. The summed E-state index contributed by atoms with van der Waals surface area (Å²) in [5, 5.41) is 0.348. The number of hydrogen-bond donors (Lipinski definition) is 0. The number of benzene rings is 1. The van der Waals surface area contributed by atoms with Gasteiger partial charge in [-0.3, -0.25) is 0 Å². The molecule has 0 spiro atoms. The number of rotatable bonds is 1. The second kappa shape index (κ2) is 3.74. The van der Waals surface area contributed by atoms with Crippen LogP contribution in [0, 0.1) is 5.82 Å². The van der Waals surface area contributed by atoms with Gasteiger partial charge in [-0.1, -0.05) is 11.6 Å². The Morgan fingerprint density at radius 1 is 1.45 bits per heavy atom. The minimum atomic E-state index is -0.367. The molecule has 1 rings (SSSR count). The third kappa shape index (κ3) is 2.08. The van der Waals surface area contributed by atoms with Crippen LogP contribution in [0.4, 0.5) is 4.39 Å². The minimum Gasteiger partial charge on any atom is -0.207 e. The SMILES string of the molecule is Fc1cc(Cl)c(Br)c(CCl)c1. The van der Waals surface area contributed by atoms with Crippen LogP contribution in [0.5, 0.6) is 0 Å². The monoisotopic (exact) mass is 256 g/mol. The zero-order valence-corrected chi connectivity index (χ0v) is 8.47. The maximum absolute atomic E-state index is 12.6. The smallest absolute Gasteiger partial charge is 0.125 e. The molecule has 0 N–H and O–H groups in total. The van der Waals surface area contributed by atoms with Gasteiger partial charge in [0.05, 0.1) is 5.02 Å². The molecular weight excluding hydrogens is 254 g/mol. The highest BCUT2D eigenvalue weighted by Crippen LogP contribution is 2.28. The molecule has 11 heavy (non-hydrogen) atoms. The van der Waals surface area contributed by atoms with Gasteiger partial charge in [-0.25, -0.2) is 4.39 Å². The largest absolute Gasteiger partial charge is 0.207 e. The molecule has 4 heteroatoms. The van der Waals surface area contributed by atoms with Crippen molar-refractivity contribution < 1.29 is 4.39 Å². The summed E-state index contributed by atoms with van der Waals surface area (Å²) in [5.74, 6) is -0.119. The lowest BCUT2D eigenvalue weighted by molar-refractivity contribution is 0.626. The van der Waals surface area contributed by atoms with E-state index in [1.165, 1.54) is 12.1 Å². The Hall–Kier alpha value is 0.210. The van der Waals surface area contributed by atoms with Crippen LogP contribution in [-0.2, 0) is 5.88 Å². The summed E-state index contributed by atoms with van der Waals surface area (Å²) < 4.78 is 13.3. The van der Waals surface area contributed by atoms with Crippen molar-refractivity contribution in [2.24, 2.45) is 0 Å². The molecule has 0 saturated carbocycles. The van der Waals surface area contributed by atoms with Crippen LogP contribution in [0.15, 0.2) is 16.6 Å². The van der Waals surface area contributed by atoms with E-state index < -0.39 is 0 Å². The standard InChI is InChI=1S/C7H4BrCl2F/c8-7-4(3-9)1-5(11)2-6(7)10/h1-2H,3H2. The first-order chi connectivity index (χ1) is 5.15. The highest BCUT2D eigenvalue weighted by atomic mass is 79.9. The molecule has 0 aromatic heterocycles. The lowest BCUT2D eigenvalue weighted by Crippen LogP contribution is -1.84. The average Bonchev–Trinajstić information content (AvgIpc) is 1.96. The van der Waals surface area contributed by atoms with Crippen molar-refractivity contribution in [3.63, 3.8) is 0 Å². The van der Waals surface area contributed by atoms with E-state index in [2.05, 4.69) is 15.9 Å². The van der Waals surface area contributed by atoms with Crippen LogP contribution in [0.1, 0.15) is 5.56 Å². The van der Waals surface area contributed by atoms with Crippen molar-refractivity contribution in [1.82, 2.24) is 0 Å². The normalized spacial score (nSPS) is 10.2. The van der Waals surface area contributed by atoms with Gasteiger partial charge in [0.1, 0.15) is 5.82 Å². The Morgan fingerprint density at radius 3 is 2.64 bits per heavy atom. The molecule has 0 aliphatic carbocycles. The molecule has 0 radical (unpaired) electrons. The average molecular weight is 258 g/mol. The summed E-state index contributed by atoms with van der Waals surface area (Å²) in [7, 11) is 0. The summed E-state index contributed by atoms with van der Waals surface area (Å²) in [4.78, 5) is 0. The van der Waals surface area contributed by atoms with E-state index in [0.717, 1.165) is 0 Å². The molecule has 0 bridgehead atoms. The highest BCUT2D eigenvalue weighted by Gasteiger charge is 2.05. The van der Waals surface area contributed by atoms with Crippen molar-refractivity contribution in [1.29, 1.82) is 0 Å². The Labute approximate surface area is 82.4 Å². The molecule has 0 nitrogen and oxygen atoms in total. The third-order valence-electron chi connectivity index (χ3n) is 1.21. The molecule has 0 heterocycles. The summed E-state index contributed by atoms with van der Waals surface area (Å²) in [6, 6.07) is 2.59. The highest BCUT2D eigenvalue weighted by molar-refractivity contribution is 9.10. The first-order valence-electron chi connectivity index (χ1n) is 2.84. The van der Waals surface area contributed by atoms with Crippen LogP contribution in [0.25, 0.3) is 0 Å². The van der Waals surface area contributed by atoms with E-state index in [9.17, 15) is 4.39 Å². The van der Waals surface area contributed by atoms with Gasteiger partial charge in [-0.15, -0.1) is 11.6 Å². The van der Waals surface area contributed by atoms with Crippen molar-refractivity contribution in [3.8, 4) is 0 Å². The van der Waals surface area contributed by atoms with Gasteiger partial charge in [0.15, 0.2) is 0 Å². The van der Waals surface area contributed by atoms with Gasteiger partial charge in [0.2, 0.25) is 0 Å². The van der Waals surface area contributed by atoms with Crippen molar-refractivity contribution in [3.05, 3.63) is 33.0 Å². The fourth-order valence-corrected chi connectivity index (χ4v) is 1.67. The topological polar surface area (TPSA) is 0 Å². The van der Waals surface area contributed by atoms with Crippen LogP contribution < -0.4 is 0 Å². The van der Waals surface area contributed by atoms with E-state index in [1.54, 1.807) is 0 Å². The van der Waals surface area contributed by atoms with Crippen molar-refractivity contribution in [2.45, 2.75) is 5.88 Å². The van der Waals surface area contributed by atoms with Gasteiger partial charge < -0.3 is 0 Å². The maximum Gasteiger partial charge on any atom is 0.125 e. The van der Waals surface area contributed by atoms with E-state index in [1.807, 2.05) is 0 Å². The van der Waals surface area contributed by atoms with Crippen molar-refractivity contribution in [2.75, 3.05) is 0 Å². The second-order valence-corrected chi connectivity index (χ2v) is 3.46. The molecule has 0 unspecified atom stereocenters. The van der Waals surface area contributed by atoms with E-state index in [0.29, 0.717) is 15.1 Å². The lowest BCUT2D eigenvalue weighted by atomic mass is 10.2. The molecule has 0 aliphatic heterocycles. The van der Waals surface area contributed by atoms with E-state index in [4.69, 9.17) is 23.2 Å². The molecule has 0 aliphatic rings. The summed E-state index contributed by atoms with van der Waals surface area (Å²) in [6.45, 7) is 0. The second-order valence-electron chi connectivity index (χ2n) is 1.99. The van der Waals surface area contributed by atoms with Gasteiger partial charge in [0.25, 0.3) is 0 Å². The van der Waals surface area contributed by atoms with Gasteiger partial charge >= 0.3 is 0 Å². The summed E-state index contributed by atoms with van der Waals surface area (Å²) >= 11 is 14.4. The molecule has 1 aromatic carbocycles. The quantitative estimate of drug-likeness (QED) is 0.527. The van der Waals surface area contributed by atoms with Crippen LogP contribution in [0.2, 0.25) is 5.02 Å². The van der Waals surface area contributed by atoms with E-state index >= 15 is 0 Å². The van der Waals surface area contributed by atoms with Gasteiger partial charge in [-0.05, 0) is 33.6 Å². The number of alkyl halides is 1. The fraction of sp³-hybridized carbons (Fsp3) is 0.143. The first kappa shape index (κ1) is 9.30. The first-order valence-corrected chi connectivity index (χ1v) is 4.55. The van der Waals surface area contributed by atoms with Crippen LogP contribution in [0.3, 0.4) is 0 Å². The van der Waals surface area contributed by atoms with E-state index in [-0.39, 0.29) is 11.7 Å².